The molecule has 0 bridgehead atoms. The van der Waals surface area contributed by atoms with Crippen LogP contribution in [0.5, 0.6) is 0 Å². The van der Waals surface area contributed by atoms with Gasteiger partial charge in [0, 0.05) is 12.1 Å². The van der Waals surface area contributed by atoms with Gasteiger partial charge in [0.15, 0.2) is 0 Å². The predicted molar refractivity (Wildman–Crippen MR) is 75.8 cm³/mol. The minimum Gasteiger partial charge on any atom is -0.394 e. The van der Waals surface area contributed by atoms with Gasteiger partial charge in [-0.05, 0) is 18.9 Å². The van der Waals surface area contributed by atoms with E-state index in [-0.39, 0.29) is 18.0 Å². The van der Waals surface area contributed by atoms with Crippen LogP contribution in [0.1, 0.15) is 18.9 Å². The molecule has 0 aliphatic rings. The summed E-state index contributed by atoms with van der Waals surface area (Å²) in [4.78, 5) is 33.5. The molecular weight excluding hydrogens is 278 g/mol. The summed E-state index contributed by atoms with van der Waals surface area (Å²) in [5.41, 5.74) is 0.607. The summed E-state index contributed by atoms with van der Waals surface area (Å²) in [6.07, 6.45) is 0.478. The van der Waals surface area contributed by atoms with E-state index >= 15 is 0 Å². The second kappa shape index (κ2) is 7.34. The molecular formula is C13H17N3O5. The molecule has 1 atom stereocenters. The Labute approximate surface area is 121 Å². The lowest BCUT2D eigenvalue weighted by atomic mass is 10.2. The molecule has 3 N–H and O–H groups in total. The van der Waals surface area contributed by atoms with Crippen molar-refractivity contribution in [2.24, 2.45) is 0 Å². The van der Waals surface area contributed by atoms with Gasteiger partial charge < -0.3 is 15.7 Å². The van der Waals surface area contributed by atoms with Crippen molar-refractivity contribution in [3.8, 4) is 0 Å². The summed E-state index contributed by atoms with van der Waals surface area (Å²) >= 11 is 0. The molecule has 0 heterocycles. The molecule has 0 spiro atoms. The Morgan fingerprint density at radius 1 is 1.38 bits per heavy atom. The number of carbonyl (C=O) groups excluding carboxylic acids is 2. The number of amides is 2. The third kappa shape index (κ3) is 4.53. The molecule has 8 heteroatoms. The summed E-state index contributed by atoms with van der Waals surface area (Å²) in [7, 11) is 0. The maximum atomic E-state index is 11.7. The van der Waals surface area contributed by atoms with Crippen LogP contribution in [0.25, 0.3) is 0 Å². The first-order valence-electron chi connectivity index (χ1n) is 6.36. The third-order valence-electron chi connectivity index (χ3n) is 2.93. The number of rotatable bonds is 5. The lowest BCUT2D eigenvalue weighted by Gasteiger charge is -2.14. The van der Waals surface area contributed by atoms with Crippen molar-refractivity contribution in [3.63, 3.8) is 0 Å². The summed E-state index contributed by atoms with van der Waals surface area (Å²) in [6.45, 7) is 3.13. The number of hydrogen-bond donors (Lipinski definition) is 3. The molecule has 0 saturated heterocycles. The first kappa shape index (κ1) is 16.6. The van der Waals surface area contributed by atoms with Crippen LogP contribution in [0.3, 0.4) is 0 Å². The monoisotopic (exact) mass is 295 g/mol. The molecule has 0 saturated carbocycles. The van der Waals surface area contributed by atoms with Gasteiger partial charge in [-0.25, -0.2) is 0 Å². The highest BCUT2D eigenvalue weighted by Gasteiger charge is 2.19. The standard InChI is InChI=1S/C13H17N3O5/c1-3-9(7-17)14-12(18)13(19)15-11-6-10(16(20)21)5-4-8(11)2/h4-6,9,17H,3,7H2,1-2H3,(H,14,18)(H,15,19). The van der Waals surface area contributed by atoms with Crippen molar-refractivity contribution in [2.75, 3.05) is 11.9 Å². The van der Waals surface area contributed by atoms with Crippen molar-refractivity contribution in [3.05, 3.63) is 33.9 Å². The van der Waals surface area contributed by atoms with E-state index in [1.54, 1.807) is 13.8 Å². The molecule has 0 radical (unpaired) electrons. The van der Waals surface area contributed by atoms with Gasteiger partial charge >= 0.3 is 11.8 Å². The number of hydrogen-bond acceptors (Lipinski definition) is 5. The zero-order chi connectivity index (χ0) is 16.0. The summed E-state index contributed by atoms with van der Waals surface area (Å²) in [6, 6.07) is 3.47. The van der Waals surface area contributed by atoms with E-state index in [0.717, 1.165) is 0 Å². The van der Waals surface area contributed by atoms with Crippen LogP contribution < -0.4 is 10.6 Å². The number of aliphatic hydroxyl groups excluding tert-OH is 1. The van der Waals surface area contributed by atoms with E-state index in [9.17, 15) is 19.7 Å². The Kier molecular flexibility index (Phi) is 5.79. The smallest absolute Gasteiger partial charge is 0.313 e. The van der Waals surface area contributed by atoms with Crippen LogP contribution in [0.2, 0.25) is 0 Å². The van der Waals surface area contributed by atoms with Crippen LogP contribution in [0.4, 0.5) is 11.4 Å². The van der Waals surface area contributed by atoms with E-state index in [1.807, 2.05) is 0 Å². The van der Waals surface area contributed by atoms with Gasteiger partial charge in [0.05, 0.1) is 23.3 Å². The number of nitrogens with zero attached hydrogens (tertiary/aromatic N) is 1. The molecule has 1 aromatic rings. The van der Waals surface area contributed by atoms with Gasteiger partial charge in [0.1, 0.15) is 0 Å². The minimum atomic E-state index is -0.939. The predicted octanol–water partition coefficient (Wildman–Crippen LogP) is 0.729. The SMILES string of the molecule is CCC(CO)NC(=O)C(=O)Nc1cc([N+](=O)[O-])ccc1C. The molecule has 114 valence electrons. The van der Waals surface area contributed by atoms with Gasteiger partial charge in [-0.1, -0.05) is 13.0 Å². The number of benzene rings is 1. The lowest BCUT2D eigenvalue weighted by Crippen LogP contribution is -2.43. The zero-order valence-electron chi connectivity index (χ0n) is 11.8. The van der Waals surface area contributed by atoms with Crippen molar-refractivity contribution in [1.82, 2.24) is 5.32 Å². The van der Waals surface area contributed by atoms with E-state index in [1.165, 1.54) is 18.2 Å². The normalized spacial score (nSPS) is 11.6. The molecule has 0 aromatic heterocycles. The van der Waals surface area contributed by atoms with E-state index in [0.29, 0.717) is 12.0 Å². The van der Waals surface area contributed by atoms with Gasteiger partial charge in [-0.3, -0.25) is 19.7 Å². The van der Waals surface area contributed by atoms with Crippen molar-refractivity contribution < 1.29 is 19.6 Å². The number of aliphatic hydroxyl groups is 1. The number of anilines is 1. The second-order valence-electron chi connectivity index (χ2n) is 4.47. The number of nitro benzene ring substituents is 1. The van der Waals surface area contributed by atoms with Gasteiger partial charge in [-0.15, -0.1) is 0 Å². The highest BCUT2D eigenvalue weighted by molar-refractivity contribution is 6.39. The molecule has 1 aromatic carbocycles. The van der Waals surface area contributed by atoms with Crippen molar-refractivity contribution >= 4 is 23.2 Å². The summed E-state index contributed by atoms with van der Waals surface area (Å²) in [5.74, 6) is -1.84. The highest BCUT2D eigenvalue weighted by atomic mass is 16.6. The number of carbonyl (C=O) groups is 2. The van der Waals surface area contributed by atoms with Gasteiger partial charge in [0.2, 0.25) is 0 Å². The van der Waals surface area contributed by atoms with E-state index < -0.39 is 22.8 Å². The van der Waals surface area contributed by atoms with Crippen LogP contribution in [-0.4, -0.2) is 34.5 Å². The second-order valence-corrected chi connectivity index (χ2v) is 4.47. The molecule has 1 unspecified atom stereocenters. The molecule has 0 aliphatic heterocycles. The molecule has 1 rings (SSSR count). The fourth-order valence-electron chi connectivity index (χ4n) is 1.57. The Bertz CT molecular complexity index is 555. The number of non-ortho nitro benzene ring substituents is 1. The Morgan fingerprint density at radius 2 is 2.05 bits per heavy atom. The van der Waals surface area contributed by atoms with E-state index in [2.05, 4.69) is 10.6 Å². The number of nitrogens with one attached hydrogen (secondary N) is 2. The summed E-state index contributed by atoms with van der Waals surface area (Å²) in [5, 5.41) is 24.3. The fourth-order valence-corrected chi connectivity index (χ4v) is 1.57. The minimum absolute atomic E-state index is 0.182. The number of aryl methyl sites for hydroxylation is 1. The van der Waals surface area contributed by atoms with Gasteiger partial charge in [0.25, 0.3) is 5.69 Å². The lowest BCUT2D eigenvalue weighted by molar-refractivity contribution is -0.384. The van der Waals surface area contributed by atoms with E-state index in [4.69, 9.17) is 5.11 Å². The maximum absolute atomic E-state index is 11.7. The quantitative estimate of drug-likeness (QED) is 0.420. The van der Waals surface area contributed by atoms with Crippen LogP contribution >= 0.6 is 0 Å². The number of nitro groups is 1. The first-order valence-corrected chi connectivity index (χ1v) is 6.36. The van der Waals surface area contributed by atoms with Gasteiger partial charge in [-0.2, -0.15) is 0 Å². The highest BCUT2D eigenvalue weighted by Crippen LogP contribution is 2.21. The van der Waals surface area contributed by atoms with Crippen LogP contribution in [0, 0.1) is 17.0 Å². The maximum Gasteiger partial charge on any atom is 0.313 e. The van der Waals surface area contributed by atoms with Crippen LogP contribution in [0.15, 0.2) is 18.2 Å². The third-order valence-corrected chi connectivity index (χ3v) is 2.93. The Balaban J connectivity index is 2.81. The molecule has 2 amide bonds. The Hall–Kier alpha value is -2.48. The topological polar surface area (TPSA) is 122 Å². The Morgan fingerprint density at radius 3 is 2.57 bits per heavy atom. The average Bonchev–Trinajstić information content (AvgIpc) is 2.46. The van der Waals surface area contributed by atoms with Crippen molar-refractivity contribution in [1.29, 1.82) is 0 Å². The average molecular weight is 295 g/mol. The first-order chi connectivity index (χ1) is 9.88. The summed E-state index contributed by atoms with van der Waals surface area (Å²) < 4.78 is 0. The molecule has 0 aliphatic carbocycles. The largest absolute Gasteiger partial charge is 0.394 e. The van der Waals surface area contributed by atoms with Crippen molar-refractivity contribution in [2.45, 2.75) is 26.3 Å². The molecule has 21 heavy (non-hydrogen) atoms. The zero-order valence-corrected chi connectivity index (χ0v) is 11.8. The molecule has 8 nitrogen and oxygen atoms in total. The fraction of sp³-hybridized carbons (Fsp3) is 0.385. The molecule has 0 fully saturated rings. The van der Waals surface area contributed by atoms with Crippen LogP contribution in [-0.2, 0) is 9.59 Å².